The third kappa shape index (κ3) is 2.57. The normalized spacial score (nSPS) is 13.3. The quantitative estimate of drug-likeness (QED) is 0.570. The van der Waals surface area contributed by atoms with E-state index in [1.54, 1.807) is 0 Å². The summed E-state index contributed by atoms with van der Waals surface area (Å²) < 4.78 is 0. The Labute approximate surface area is 83.9 Å². The van der Waals surface area contributed by atoms with Crippen LogP contribution in [0.3, 0.4) is 0 Å². The van der Waals surface area contributed by atoms with Crippen LogP contribution in [0.4, 0.5) is 4.79 Å². The van der Waals surface area contributed by atoms with Crippen molar-refractivity contribution >= 4 is 18.0 Å². The summed E-state index contributed by atoms with van der Waals surface area (Å²) >= 11 is 0. The van der Waals surface area contributed by atoms with Crippen LogP contribution in [0.1, 0.15) is 6.92 Å². The molecule has 0 spiro atoms. The molecule has 0 bridgehead atoms. The maximum Gasteiger partial charge on any atom is 0.409 e. The molecule has 15 heavy (non-hydrogen) atoms. The summed E-state index contributed by atoms with van der Waals surface area (Å²) in [5.41, 5.74) is -2.41. The fourth-order valence-corrected chi connectivity index (χ4v) is 0.776. The summed E-state index contributed by atoms with van der Waals surface area (Å²) in [5, 5.41) is 34.2. The molecule has 0 heterocycles. The third-order valence-electron chi connectivity index (χ3n) is 1.70. The van der Waals surface area contributed by atoms with Crippen molar-refractivity contribution in [2.75, 3.05) is 6.54 Å². The number of nitrogens with zero attached hydrogens (tertiary/aromatic N) is 2. The first-order valence-corrected chi connectivity index (χ1v) is 3.62. The van der Waals surface area contributed by atoms with Gasteiger partial charge in [-0.3, -0.25) is 9.69 Å². The Kier molecular flexibility index (Phi) is 3.62. The summed E-state index contributed by atoms with van der Waals surface area (Å²) in [7, 11) is 0. The molecule has 0 aromatic heterocycles. The van der Waals surface area contributed by atoms with Gasteiger partial charge in [-0.1, -0.05) is 0 Å². The number of carboxylic acid groups (broad SMARTS) is 3. The highest BCUT2D eigenvalue weighted by Gasteiger charge is 2.44. The molecular formula is C7H8N2O6. The average molecular weight is 216 g/mol. The van der Waals surface area contributed by atoms with Gasteiger partial charge in [0.1, 0.15) is 12.6 Å². The highest BCUT2D eigenvalue weighted by Crippen LogP contribution is 2.14. The van der Waals surface area contributed by atoms with Gasteiger partial charge in [-0.05, 0) is 6.92 Å². The van der Waals surface area contributed by atoms with E-state index in [-0.39, 0.29) is 4.90 Å². The number of hydrogen-bond donors (Lipinski definition) is 3. The molecule has 8 heteroatoms. The van der Waals surface area contributed by atoms with Crippen LogP contribution in [0.25, 0.3) is 0 Å². The minimum Gasteiger partial charge on any atom is -0.480 e. The number of carbonyl (C=O) groups is 3. The monoisotopic (exact) mass is 216 g/mol. The number of nitriles is 1. The van der Waals surface area contributed by atoms with Gasteiger partial charge in [0, 0.05) is 0 Å². The molecule has 1 atom stereocenters. The van der Waals surface area contributed by atoms with Gasteiger partial charge < -0.3 is 15.3 Å². The van der Waals surface area contributed by atoms with Crippen molar-refractivity contribution in [3.63, 3.8) is 0 Å². The highest BCUT2D eigenvalue weighted by molar-refractivity contribution is 5.88. The number of carboxylic acids is 2. The summed E-state index contributed by atoms with van der Waals surface area (Å²) in [6.45, 7) is -0.266. The van der Waals surface area contributed by atoms with E-state index in [4.69, 9.17) is 20.6 Å². The van der Waals surface area contributed by atoms with Gasteiger partial charge in [-0.15, -0.1) is 0 Å². The standard InChI is InChI=1S/C7H8N2O6/c1-7(3-8,5(12)13)9(6(14)15)2-4(10)11/h2H2,1H3,(H,10,11)(H,12,13)(H,14,15). The van der Waals surface area contributed by atoms with E-state index in [0.717, 1.165) is 6.92 Å². The highest BCUT2D eigenvalue weighted by atomic mass is 16.4. The fourth-order valence-electron chi connectivity index (χ4n) is 0.776. The molecule has 8 nitrogen and oxygen atoms in total. The largest absolute Gasteiger partial charge is 0.480 e. The van der Waals surface area contributed by atoms with Crippen LogP contribution in [0, 0.1) is 11.3 Å². The molecule has 0 radical (unpaired) electrons. The van der Waals surface area contributed by atoms with Crippen molar-refractivity contribution in [3.05, 3.63) is 0 Å². The van der Waals surface area contributed by atoms with E-state index >= 15 is 0 Å². The molecular weight excluding hydrogens is 208 g/mol. The molecule has 1 amide bonds. The van der Waals surface area contributed by atoms with Crippen molar-refractivity contribution in [1.29, 1.82) is 5.26 Å². The molecule has 0 aliphatic heterocycles. The Morgan fingerprint density at radius 1 is 1.33 bits per heavy atom. The lowest BCUT2D eigenvalue weighted by molar-refractivity contribution is -0.148. The van der Waals surface area contributed by atoms with Crippen molar-refractivity contribution in [2.24, 2.45) is 0 Å². The number of rotatable bonds is 4. The second-order valence-electron chi connectivity index (χ2n) is 2.75. The summed E-state index contributed by atoms with van der Waals surface area (Å²) in [6, 6.07) is 1.25. The first-order valence-electron chi connectivity index (χ1n) is 3.62. The maximum atomic E-state index is 10.7. The van der Waals surface area contributed by atoms with Crippen LogP contribution in [0.2, 0.25) is 0 Å². The van der Waals surface area contributed by atoms with Gasteiger partial charge in [0.2, 0.25) is 5.54 Å². The van der Waals surface area contributed by atoms with Gasteiger partial charge in [-0.2, -0.15) is 5.26 Å². The van der Waals surface area contributed by atoms with Crippen LogP contribution in [-0.4, -0.2) is 50.3 Å². The zero-order valence-electron chi connectivity index (χ0n) is 7.67. The van der Waals surface area contributed by atoms with Crippen LogP contribution < -0.4 is 0 Å². The molecule has 3 N–H and O–H groups in total. The molecule has 0 aromatic carbocycles. The Balaban J connectivity index is 5.23. The van der Waals surface area contributed by atoms with Crippen LogP contribution in [0.5, 0.6) is 0 Å². The molecule has 1 unspecified atom stereocenters. The minimum absolute atomic E-state index is 0.0394. The average Bonchev–Trinajstić information content (AvgIpc) is 2.12. The molecule has 0 aliphatic rings. The van der Waals surface area contributed by atoms with Crippen LogP contribution in [-0.2, 0) is 9.59 Å². The lowest BCUT2D eigenvalue weighted by Gasteiger charge is -2.28. The molecule has 0 saturated carbocycles. The molecule has 0 saturated heterocycles. The Bertz CT molecular complexity index is 346. The van der Waals surface area contributed by atoms with Gasteiger partial charge >= 0.3 is 18.0 Å². The predicted molar refractivity (Wildman–Crippen MR) is 44.0 cm³/mol. The second-order valence-corrected chi connectivity index (χ2v) is 2.75. The van der Waals surface area contributed by atoms with Crippen LogP contribution in [0.15, 0.2) is 0 Å². The maximum absolute atomic E-state index is 10.7. The molecule has 0 rings (SSSR count). The SMILES string of the molecule is CC(C#N)(C(=O)O)N(CC(=O)O)C(=O)O. The Morgan fingerprint density at radius 2 is 1.80 bits per heavy atom. The van der Waals surface area contributed by atoms with Crippen molar-refractivity contribution in [1.82, 2.24) is 4.90 Å². The summed E-state index contributed by atoms with van der Waals surface area (Å²) in [6.07, 6.45) is -1.79. The smallest absolute Gasteiger partial charge is 0.409 e. The minimum atomic E-state index is -2.41. The third-order valence-corrected chi connectivity index (χ3v) is 1.70. The Hall–Kier alpha value is -2.30. The number of hydrogen-bond acceptors (Lipinski definition) is 4. The van der Waals surface area contributed by atoms with E-state index in [2.05, 4.69) is 0 Å². The van der Waals surface area contributed by atoms with Gasteiger partial charge in [0.05, 0.1) is 0 Å². The lowest BCUT2D eigenvalue weighted by Crippen LogP contribution is -2.55. The first-order chi connectivity index (χ1) is 6.75. The van der Waals surface area contributed by atoms with Gasteiger partial charge in [0.25, 0.3) is 0 Å². The summed E-state index contributed by atoms with van der Waals surface area (Å²) in [4.78, 5) is 31.6. The van der Waals surface area contributed by atoms with Crippen molar-refractivity contribution in [2.45, 2.75) is 12.5 Å². The molecule has 0 aliphatic carbocycles. The van der Waals surface area contributed by atoms with Gasteiger partial charge in [-0.25, -0.2) is 9.59 Å². The predicted octanol–water partition coefficient (Wildman–Crippen LogP) is -0.582. The summed E-state index contributed by atoms with van der Waals surface area (Å²) in [5.74, 6) is -3.27. The van der Waals surface area contributed by atoms with E-state index in [1.165, 1.54) is 6.07 Å². The second kappa shape index (κ2) is 4.28. The fraction of sp³-hybridized carbons (Fsp3) is 0.429. The molecule has 0 aromatic rings. The zero-order valence-corrected chi connectivity index (χ0v) is 7.67. The van der Waals surface area contributed by atoms with E-state index in [1.807, 2.05) is 0 Å². The van der Waals surface area contributed by atoms with Crippen LogP contribution >= 0.6 is 0 Å². The number of aliphatic carboxylic acids is 2. The van der Waals surface area contributed by atoms with E-state index in [0.29, 0.717) is 0 Å². The first kappa shape index (κ1) is 12.7. The number of amides is 1. The zero-order chi connectivity index (χ0) is 12.2. The van der Waals surface area contributed by atoms with E-state index in [9.17, 15) is 14.4 Å². The van der Waals surface area contributed by atoms with Crippen molar-refractivity contribution in [3.8, 4) is 6.07 Å². The lowest BCUT2D eigenvalue weighted by atomic mass is 10.0. The Morgan fingerprint density at radius 3 is 2.00 bits per heavy atom. The van der Waals surface area contributed by atoms with Crippen molar-refractivity contribution < 1.29 is 29.7 Å². The molecule has 82 valence electrons. The van der Waals surface area contributed by atoms with Gasteiger partial charge in [0.15, 0.2) is 0 Å². The van der Waals surface area contributed by atoms with E-state index < -0.39 is 30.1 Å². The topological polar surface area (TPSA) is 139 Å². The molecule has 0 fully saturated rings.